The highest BCUT2D eigenvalue weighted by Gasteiger charge is 2.25. The van der Waals surface area contributed by atoms with Crippen LogP contribution in [0.5, 0.6) is 0 Å². The Bertz CT molecular complexity index is 390. The van der Waals surface area contributed by atoms with Crippen LogP contribution in [0, 0.1) is 12.8 Å². The topological polar surface area (TPSA) is 54.0 Å². The minimum absolute atomic E-state index is 0.00282. The van der Waals surface area contributed by atoms with E-state index in [0.29, 0.717) is 10.8 Å². The number of carbonyl (C=O) groups is 1. The molecule has 4 nitrogen and oxygen atoms in total. The van der Waals surface area contributed by atoms with Gasteiger partial charge in [-0.25, -0.2) is 4.98 Å². The zero-order chi connectivity index (χ0) is 10.8. The molecular formula is C10H12ClN3O. The summed E-state index contributed by atoms with van der Waals surface area (Å²) < 4.78 is 0. The fraction of sp³-hybridized carbons (Fsp3) is 0.400. The molecule has 1 saturated heterocycles. The molecular weight excluding hydrogens is 214 g/mol. The van der Waals surface area contributed by atoms with Gasteiger partial charge in [0.05, 0.1) is 11.6 Å². The molecule has 15 heavy (non-hydrogen) atoms. The molecule has 1 aliphatic heterocycles. The second-order valence-corrected chi connectivity index (χ2v) is 4.05. The molecule has 1 fully saturated rings. The van der Waals surface area contributed by atoms with Crippen LogP contribution in [0.1, 0.15) is 5.56 Å². The van der Waals surface area contributed by atoms with Crippen LogP contribution in [0.3, 0.4) is 0 Å². The lowest BCUT2D eigenvalue weighted by Crippen LogP contribution is -2.48. The molecule has 0 atom stereocenters. The molecule has 5 heteroatoms. The van der Waals surface area contributed by atoms with Gasteiger partial charge in [-0.3, -0.25) is 4.79 Å². The zero-order valence-corrected chi connectivity index (χ0v) is 9.14. The molecule has 0 radical (unpaired) electrons. The third-order valence-electron chi connectivity index (χ3n) is 2.39. The lowest BCUT2D eigenvalue weighted by molar-refractivity contribution is -0.121. The van der Waals surface area contributed by atoms with Gasteiger partial charge >= 0.3 is 0 Å². The Morgan fingerprint density at radius 1 is 1.67 bits per heavy atom. The van der Waals surface area contributed by atoms with Crippen molar-refractivity contribution < 1.29 is 4.79 Å². The van der Waals surface area contributed by atoms with E-state index < -0.39 is 0 Å². The quantitative estimate of drug-likeness (QED) is 0.744. The number of anilines is 1. The van der Waals surface area contributed by atoms with Crippen LogP contribution < -0.4 is 10.6 Å². The van der Waals surface area contributed by atoms with E-state index in [4.69, 9.17) is 11.6 Å². The van der Waals surface area contributed by atoms with Gasteiger partial charge in [0.25, 0.3) is 0 Å². The van der Waals surface area contributed by atoms with Crippen LogP contribution in [0.2, 0.25) is 5.15 Å². The first-order chi connectivity index (χ1) is 7.16. The van der Waals surface area contributed by atoms with Gasteiger partial charge in [-0.15, -0.1) is 0 Å². The van der Waals surface area contributed by atoms with Gasteiger partial charge in [-0.05, 0) is 18.6 Å². The Hall–Kier alpha value is -1.13. The average molecular weight is 226 g/mol. The minimum Gasteiger partial charge on any atom is -0.323 e. The van der Waals surface area contributed by atoms with Gasteiger partial charge < -0.3 is 10.6 Å². The van der Waals surface area contributed by atoms with Crippen LogP contribution >= 0.6 is 11.6 Å². The number of halogens is 1. The molecule has 1 aromatic rings. The molecule has 1 aromatic heterocycles. The molecule has 2 N–H and O–H groups in total. The minimum atomic E-state index is 0.00282. The number of amides is 1. The Balaban J connectivity index is 2.09. The van der Waals surface area contributed by atoms with E-state index in [1.165, 1.54) is 0 Å². The van der Waals surface area contributed by atoms with Gasteiger partial charge in [0, 0.05) is 19.3 Å². The first-order valence-electron chi connectivity index (χ1n) is 4.80. The Kier molecular flexibility index (Phi) is 2.88. The van der Waals surface area contributed by atoms with Crippen molar-refractivity contribution in [2.24, 2.45) is 5.92 Å². The number of hydrogen-bond donors (Lipinski definition) is 2. The van der Waals surface area contributed by atoms with E-state index in [9.17, 15) is 4.79 Å². The van der Waals surface area contributed by atoms with Crippen molar-refractivity contribution in [3.05, 3.63) is 23.0 Å². The van der Waals surface area contributed by atoms with Gasteiger partial charge in [0.2, 0.25) is 5.91 Å². The first-order valence-corrected chi connectivity index (χ1v) is 5.18. The summed E-state index contributed by atoms with van der Waals surface area (Å²) in [7, 11) is 0. The molecule has 0 aromatic carbocycles. The summed E-state index contributed by atoms with van der Waals surface area (Å²) in [6.45, 7) is 3.38. The summed E-state index contributed by atoms with van der Waals surface area (Å²) in [5.74, 6) is 0.0598. The van der Waals surface area contributed by atoms with Gasteiger partial charge in [0.1, 0.15) is 0 Å². The number of nitrogens with zero attached hydrogens (tertiary/aromatic N) is 1. The standard InChI is InChI=1S/C10H12ClN3O/c1-6-2-8(9(11)13-3-6)14-10(15)7-4-12-5-7/h2-3,7,12H,4-5H2,1H3,(H,14,15). The van der Waals surface area contributed by atoms with E-state index in [1.54, 1.807) is 6.20 Å². The SMILES string of the molecule is Cc1cnc(Cl)c(NC(=O)C2CNC2)c1. The number of rotatable bonds is 2. The van der Waals surface area contributed by atoms with E-state index >= 15 is 0 Å². The molecule has 0 unspecified atom stereocenters. The maximum Gasteiger partial charge on any atom is 0.230 e. The maximum absolute atomic E-state index is 11.6. The fourth-order valence-corrected chi connectivity index (χ4v) is 1.50. The monoisotopic (exact) mass is 225 g/mol. The van der Waals surface area contributed by atoms with E-state index in [-0.39, 0.29) is 11.8 Å². The number of pyridine rings is 1. The summed E-state index contributed by atoms with van der Waals surface area (Å²) in [6, 6.07) is 1.82. The molecule has 1 amide bonds. The second kappa shape index (κ2) is 4.16. The van der Waals surface area contributed by atoms with Crippen molar-refractivity contribution in [2.45, 2.75) is 6.92 Å². The number of aryl methyl sites for hydroxylation is 1. The van der Waals surface area contributed by atoms with Crippen molar-refractivity contribution in [1.82, 2.24) is 10.3 Å². The molecule has 80 valence electrons. The van der Waals surface area contributed by atoms with Gasteiger partial charge in [-0.1, -0.05) is 11.6 Å². The highest BCUT2D eigenvalue weighted by atomic mass is 35.5. The second-order valence-electron chi connectivity index (χ2n) is 3.70. The first kappa shape index (κ1) is 10.4. The number of aromatic nitrogens is 1. The maximum atomic E-state index is 11.6. The average Bonchev–Trinajstić information content (AvgIpc) is 2.08. The summed E-state index contributed by atoms with van der Waals surface area (Å²) in [4.78, 5) is 15.6. The molecule has 0 aliphatic carbocycles. The van der Waals surface area contributed by atoms with Gasteiger partial charge in [-0.2, -0.15) is 0 Å². The Morgan fingerprint density at radius 2 is 2.40 bits per heavy atom. The van der Waals surface area contributed by atoms with Crippen molar-refractivity contribution >= 4 is 23.2 Å². The normalized spacial score (nSPS) is 15.9. The Labute approximate surface area is 93.0 Å². The van der Waals surface area contributed by atoms with Crippen molar-refractivity contribution in [2.75, 3.05) is 18.4 Å². The predicted octanol–water partition coefficient (Wildman–Crippen LogP) is 1.20. The molecule has 0 bridgehead atoms. The molecule has 1 aliphatic rings. The van der Waals surface area contributed by atoms with Crippen molar-refractivity contribution in [3.63, 3.8) is 0 Å². The lowest BCUT2D eigenvalue weighted by Gasteiger charge is -2.25. The molecule has 0 spiro atoms. The highest BCUT2D eigenvalue weighted by molar-refractivity contribution is 6.32. The summed E-state index contributed by atoms with van der Waals surface area (Å²) in [6.07, 6.45) is 1.67. The van der Waals surface area contributed by atoms with E-state index in [1.807, 2.05) is 13.0 Å². The smallest absolute Gasteiger partial charge is 0.230 e. The van der Waals surface area contributed by atoms with Crippen LogP contribution in [0.25, 0.3) is 0 Å². The summed E-state index contributed by atoms with van der Waals surface area (Å²) in [5, 5.41) is 6.16. The van der Waals surface area contributed by atoms with Crippen molar-refractivity contribution in [3.8, 4) is 0 Å². The predicted molar refractivity (Wildman–Crippen MR) is 59.0 cm³/mol. The highest BCUT2D eigenvalue weighted by Crippen LogP contribution is 2.20. The van der Waals surface area contributed by atoms with Crippen LogP contribution in [0.15, 0.2) is 12.3 Å². The van der Waals surface area contributed by atoms with E-state index in [2.05, 4.69) is 15.6 Å². The Morgan fingerprint density at radius 3 is 3.00 bits per heavy atom. The third-order valence-corrected chi connectivity index (χ3v) is 2.69. The fourth-order valence-electron chi connectivity index (χ4n) is 1.35. The summed E-state index contributed by atoms with van der Waals surface area (Å²) in [5.41, 5.74) is 1.56. The van der Waals surface area contributed by atoms with Gasteiger partial charge in [0.15, 0.2) is 5.15 Å². The number of hydrogen-bond acceptors (Lipinski definition) is 3. The van der Waals surface area contributed by atoms with E-state index in [0.717, 1.165) is 18.7 Å². The van der Waals surface area contributed by atoms with Crippen LogP contribution in [-0.2, 0) is 4.79 Å². The third kappa shape index (κ3) is 2.27. The van der Waals surface area contributed by atoms with Crippen LogP contribution in [0.4, 0.5) is 5.69 Å². The van der Waals surface area contributed by atoms with Crippen molar-refractivity contribution in [1.29, 1.82) is 0 Å². The molecule has 2 rings (SSSR count). The lowest BCUT2D eigenvalue weighted by atomic mass is 10.0. The number of carbonyl (C=O) groups excluding carboxylic acids is 1. The molecule has 0 saturated carbocycles. The van der Waals surface area contributed by atoms with Crippen LogP contribution in [-0.4, -0.2) is 24.0 Å². The summed E-state index contributed by atoms with van der Waals surface area (Å²) >= 11 is 5.86. The molecule has 2 heterocycles. The number of nitrogens with one attached hydrogen (secondary N) is 2. The zero-order valence-electron chi connectivity index (χ0n) is 8.38. The largest absolute Gasteiger partial charge is 0.323 e.